The number of benzene rings is 2. The number of ketones is 1. The molecule has 0 spiro atoms. The molecule has 28 heavy (non-hydrogen) atoms. The van der Waals surface area contributed by atoms with E-state index >= 15 is 0 Å². The van der Waals surface area contributed by atoms with Crippen LogP contribution < -0.4 is 24.3 Å². The van der Waals surface area contributed by atoms with Gasteiger partial charge in [0.2, 0.25) is 5.75 Å². The number of ether oxygens (including phenoxy) is 4. The lowest BCUT2D eigenvalue weighted by molar-refractivity contribution is -0.118. The number of hydrogen-bond donors (Lipinski definition) is 1. The molecule has 0 aromatic heterocycles. The van der Waals surface area contributed by atoms with Gasteiger partial charge in [0.1, 0.15) is 5.75 Å². The highest BCUT2D eigenvalue weighted by Gasteiger charge is 2.16. The second-order valence-electron chi connectivity index (χ2n) is 5.67. The maximum atomic E-state index is 12.3. The summed E-state index contributed by atoms with van der Waals surface area (Å²) < 4.78 is 22.1. The van der Waals surface area contributed by atoms with E-state index < -0.39 is 5.91 Å². The third-order valence-electron chi connectivity index (χ3n) is 3.87. The van der Waals surface area contributed by atoms with Gasteiger partial charge >= 0.3 is 0 Å². The number of nitrogens with one attached hydrogen (secondary N) is 1. The fraction of sp³-hybridized carbons (Fsp3) is 0.300. The Morgan fingerprint density at radius 3 is 2.14 bits per heavy atom. The predicted octanol–water partition coefficient (Wildman–Crippen LogP) is 4.09. The molecule has 8 heteroatoms. The maximum Gasteiger partial charge on any atom is 0.262 e. The number of carbonyl (C=O) groups excluding carboxylic acids is 2. The first-order valence-electron chi connectivity index (χ1n) is 8.48. The number of carbonyl (C=O) groups is 2. The lowest BCUT2D eigenvalue weighted by Gasteiger charge is -2.15. The minimum absolute atomic E-state index is 0.0682. The van der Waals surface area contributed by atoms with Crippen molar-refractivity contribution in [3.63, 3.8) is 0 Å². The Balaban J connectivity index is 2.13. The fourth-order valence-corrected chi connectivity index (χ4v) is 2.89. The third-order valence-corrected chi connectivity index (χ3v) is 4.36. The zero-order chi connectivity index (χ0) is 20.7. The highest BCUT2D eigenvalue weighted by atomic mass is 79.9. The van der Waals surface area contributed by atoms with Gasteiger partial charge in [0.15, 0.2) is 23.9 Å². The smallest absolute Gasteiger partial charge is 0.262 e. The Kier molecular flexibility index (Phi) is 7.69. The normalized spacial score (nSPS) is 10.2. The molecule has 0 fully saturated rings. The van der Waals surface area contributed by atoms with E-state index in [1.807, 2.05) is 0 Å². The third kappa shape index (κ3) is 5.16. The van der Waals surface area contributed by atoms with Gasteiger partial charge in [-0.15, -0.1) is 0 Å². The first-order chi connectivity index (χ1) is 13.4. The van der Waals surface area contributed by atoms with Crippen molar-refractivity contribution in [3.8, 4) is 23.0 Å². The van der Waals surface area contributed by atoms with Gasteiger partial charge in [-0.3, -0.25) is 9.59 Å². The van der Waals surface area contributed by atoms with Gasteiger partial charge in [-0.25, -0.2) is 0 Å². The minimum atomic E-state index is -0.396. The molecule has 1 N–H and O–H groups in total. The van der Waals surface area contributed by atoms with Crippen LogP contribution in [-0.2, 0) is 4.79 Å². The number of methoxy groups -OCH3 is 3. The second-order valence-corrected chi connectivity index (χ2v) is 6.58. The molecule has 0 atom stereocenters. The topological polar surface area (TPSA) is 83.1 Å². The Morgan fingerprint density at radius 2 is 1.61 bits per heavy atom. The zero-order valence-corrected chi connectivity index (χ0v) is 17.7. The molecule has 0 saturated heterocycles. The summed E-state index contributed by atoms with van der Waals surface area (Å²) in [7, 11) is 4.48. The summed E-state index contributed by atoms with van der Waals surface area (Å²) in [6.07, 6.45) is 0.338. The summed E-state index contributed by atoms with van der Waals surface area (Å²) in [6.45, 7) is 1.51. The molecule has 0 aliphatic heterocycles. The average molecular weight is 452 g/mol. The lowest BCUT2D eigenvalue weighted by atomic mass is 10.1. The molecular weight excluding hydrogens is 430 g/mol. The average Bonchev–Trinajstić information content (AvgIpc) is 2.71. The van der Waals surface area contributed by atoms with E-state index in [0.717, 1.165) is 4.47 Å². The van der Waals surface area contributed by atoms with Gasteiger partial charge in [0, 0.05) is 28.7 Å². The molecule has 0 aliphatic carbocycles. The molecule has 0 aliphatic rings. The summed E-state index contributed by atoms with van der Waals surface area (Å²) in [4.78, 5) is 24.4. The van der Waals surface area contributed by atoms with Crippen LogP contribution in [0.25, 0.3) is 0 Å². The van der Waals surface area contributed by atoms with E-state index in [1.54, 1.807) is 37.3 Å². The number of rotatable bonds is 9. The van der Waals surface area contributed by atoms with Gasteiger partial charge in [-0.2, -0.15) is 0 Å². The van der Waals surface area contributed by atoms with Crippen LogP contribution in [0.3, 0.4) is 0 Å². The lowest BCUT2D eigenvalue weighted by Crippen LogP contribution is -2.21. The first kappa shape index (κ1) is 21.6. The highest BCUT2D eigenvalue weighted by Crippen LogP contribution is 2.39. The predicted molar refractivity (Wildman–Crippen MR) is 109 cm³/mol. The van der Waals surface area contributed by atoms with E-state index in [4.69, 9.17) is 18.9 Å². The van der Waals surface area contributed by atoms with Gasteiger partial charge in [0.25, 0.3) is 5.91 Å². The van der Waals surface area contributed by atoms with Crippen LogP contribution in [0.4, 0.5) is 5.69 Å². The molecule has 0 bridgehead atoms. The van der Waals surface area contributed by atoms with Crippen LogP contribution in [0.2, 0.25) is 0 Å². The summed E-state index contributed by atoms with van der Waals surface area (Å²) >= 11 is 3.34. The Hall–Kier alpha value is -2.74. The van der Waals surface area contributed by atoms with Crippen LogP contribution in [0.15, 0.2) is 34.8 Å². The molecule has 7 nitrogen and oxygen atoms in total. The van der Waals surface area contributed by atoms with Crippen molar-refractivity contribution in [2.24, 2.45) is 0 Å². The van der Waals surface area contributed by atoms with Crippen LogP contribution in [0, 0.1) is 0 Å². The van der Waals surface area contributed by atoms with Crippen molar-refractivity contribution < 1.29 is 28.5 Å². The van der Waals surface area contributed by atoms with Crippen LogP contribution in [0.1, 0.15) is 23.7 Å². The Labute approximate surface area is 172 Å². The summed E-state index contributed by atoms with van der Waals surface area (Å²) in [5, 5.41) is 2.71. The van der Waals surface area contributed by atoms with Crippen LogP contribution in [0.5, 0.6) is 23.0 Å². The number of Topliss-reactive ketones (excluding diaryl/α,β-unsaturated/α-hetero) is 1. The van der Waals surface area contributed by atoms with Gasteiger partial charge < -0.3 is 24.3 Å². The first-order valence-corrected chi connectivity index (χ1v) is 9.28. The molecule has 2 rings (SSSR count). The Morgan fingerprint density at radius 1 is 0.964 bits per heavy atom. The zero-order valence-electron chi connectivity index (χ0n) is 16.1. The molecule has 0 radical (unpaired) electrons. The molecule has 0 saturated carbocycles. The van der Waals surface area contributed by atoms with E-state index in [-0.39, 0.29) is 12.4 Å². The van der Waals surface area contributed by atoms with Crippen LogP contribution >= 0.6 is 15.9 Å². The summed E-state index contributed by atoms with van der Waals surface area (Å²) in [6, 6.07) is 8.31. The van der Waals surface area contributed by atoms with Gasteiger partial charge in [0.05, 0.1) is 26.9 Å². The molecule has 150 valence electrons. The molecular formula is C20H22BrNO6. The number of hydrogen-bond acceptors (Lipinski definition) is 6. The van der Waals surface area contributed by atoms with E-state index in [9.17, 15) is 9.59 Å². The van der Waals surface area contributed by atoms with Crippen molar-refractivity contribution in [1.29, 1.82) is 0 Å². The monoisotopic (exact) mass is 451 g/mol. The maximum absolute atomic E-state index is 12.3. The van der Waals surface area contributed by atoms with Crippen molar-refractivity contribution in [2.45, 2.75) is 13.3 Å². The van der Waals surface area contributed by atoms with E-state index in [1.165, 1.54) is 21.3 Å². The molecule has 0 heterocycles. The SMILES string of the molecule is CCC(=O)c1cc(Br)ccc1OCC(=O)Nc1cc(OC)c(OC)c(OC)c1. The Bertz CT molecular complexity index is 843. The van der Waals surface area contributed by atoms with Crippen LogP contribution in [-0.4, -0.2) is 39.6 Å². The summed E-state index contributed by atoms with van der Waals surface area (Å²) in [5.74, 6) is 1.16. The largest absolute Gasteiger partial charge is 0.493 e. The van der Waals surface area contributed by atoms with Crippen molar-refractivity contribution in [2.75, 3.05) is 33.3 Å². The second kappa shape index (κ2) is 9.98. The summed E-state index contributed by atoms with van der Waals surface area (Å²) in [5.41, 5.74) is 0.890. The molecule has 0 unspecified atom stereocenters. The fourth-order valence-electron chi connectivity index (χ4n) is 2.53. The van der Waals surface area contributed by atoms with Crippen molar-refractivity contribution in [3.05, 3.63) is 40.4 Å². The van der Waals surface area contributed by atoms with E-state index in [0.29, 0.717) is 40.7 Å². The quantitative estimate of drug-likeness (QED) is 0.578. The minimum Gasteiger partial charge on any atom is -0.493 e. The molecule has 2 aromatic carbocycles. The number of amides is 1. The van der Waals surface area contributed by atoms with E-state index in [2.05, 4.69) is 21.2 Å². The highest BCUT2D eigenvalue weighted by molar-refractivity contribution is 9.10. The van der Waals surface area contributed by atoms with Gasteiger partial charge in [-0.05, 0) is 18.2 Å². The molecule has 2 aromatic rings. The van der Waals surface area contributed by atoms with Gasteiger partial charge in [-0.1, -0.05) is 22.9 Å². The molecule has 1 amide bonds. The number of anilines is 1. The standard InChI is InChI=1S/C20H22BrNO6/c1-5-15(23)14-8-12(21)6-7-16(14)28-11-19(24)22-13-9-17(25-2)20(27-4)18(10-13)26-3/h6-10H,5,11H2,1-4H3,(H,22,24). The number of halogens is 1. The van der Waals surface area contributed by atoms with Crippen molar-refractivity contribution >= 4 is 33.3 Å². The van der Waals surface area contributed by atoms with Crippen molar-refractivity contribution in [1.82, 2.24) is 0 Å².